The number of hydrogen-bond donors (Lipinski definition) is 4. The second kappa shape index (κ2) is 11.6. The highest BCUT2D eigenvalue weighted by atomic mass is 16.2. The number of fused-ring (bicyclic) bond motifs is 1. The molecule has 1 heterocycles. The number of likely N-dealkylation sites (tertiary alicyclic amines) is 1. The van der Waals surface area contributed by atoms with Gasteiger partial charge in [0.1, 0.15) is 12.1 Å². The molecular weight excluding hydrogens is 538 g/mol. The van der Waals surface area contributed by atoms with Gasteiger partial charge >= 0.3 is 6.03 Å². The van der Waals surface area contributed by atoms with Gasteiger partial charge in [-0.2, -0.15) is 0 Å². The third-order valence-corrected chi connectivity index (χ3v) is 9.74. The number of amides is 5. The Labute approximate surface area is 249 Å². The van der Waals surface area contributed by atoms with E-state index in [9.17, 15) is 28.8 Å². The van der Waals surface area contributed by atoms with Gasteiger partial charge in [0.2, 0.25) is 17.6 Å². The summed E-state index contributed by atoms with van der Waals surface area (Å²) in [5.74, 6) is -2.10. The Morgan fingerprint density at radius 1 is 0.929 bits per heavy atom. The van der Waals surface area contributed by atoms with Crippen LogP contribution in [0.3, 0.4) is 0 Å². The average molecular weight is 588 g/mol. The molecule has 4 fully saturated rings. The van der Waals surface area contributed by atoms with Gasteiger partial charge in [-0.05, 0) is 53.8 Å². The topological polar surface area (TPSA) is 154 Å². The lowest BCUT2D eigenvalue weighted by Crippen LogP contribution is -2.62. The summed E-state index contributed by atoms with van der Waals surface area (Å²) in [6.07, 6.45) is 3.96. The second-order valence-corrected chi connectivity index (χ2v) is 14.9. The molecule has 0 aromatic heterocycles. The van der Waals surface area contributed by atoms with E-state index in [-0.39, 0.29) is 46.7 Å². The predicted molar refractivity (Wildman–Crippen MR) is 156 cm³/mol. The summed E-state index contributed by atoms with van der Waals surface area (Å²) in [5, 5.41) is 10.8. The number of likely N-dealkylation sites (N-methyl/N-ethyl adjacent to an activating group) is 1. The van der Waals surface area contributed by atoms with Gasteiger partial charge in [-0.3, -0.25) is 24.0 Å². The molecule has 0 aromatic carbocycles. The summed E-state index contributed by atoms with van der Waals surface area (Å²) in [6.45, 7) is 13.8. The number of rotatable bonds is 12. The van der Waals surface area contributed by atoms with Gasteiger partial charge in [-0.15, -0.1) is 0 Å². The molecule has 4 rings (SSSR count). The van der Waals surface area contributed by atoms with Crippen molar-refractivity contribution in [3.63, 3.8) is 0 Å². The van der Waals surface area contributed by atoms with E-state index in [1.165, 1.54) is 7.05 Å². The van der Waals surface area contributed by atoms with Crippen LogP contribution < -0.4 is 21.3 Å². The molecule has 42 heavy (non-hydrogen) atoms. The number of nitrogens with one attached hydrogen (secondary N) is 4. The number of carbonyl (C=O) groups excluding carboxylic acids is 6. The smallest absolute Gasteiger partial charge is 0.316 e. The predicted octanol–water partition coefficient (Wildman–Crippen LogP) is 1.79. The van der Waals surface area contributed by atoms with Gasteiger partial charge in [0.15, 0.2) is 5.78 Å². The third-order valence-electron chi connectivity index (χ3n) is 9.74. The first-order valence-electron chi connectivity index (χ1n) is 15.5. The van der Waals surface area contributed by atoms with Crippen LogP contribution in [0.5, 0.6) is 0 Å². The molecule has 11 nitrogen and oxygen atoms in total. The fraction of sp³-hybridized carbons (Fsp3) is 0.806. The minimum atomic E-state index is -0.966. The zero-order valence-electron chi connectivity index (χ0n) is 26.3. The summed E-state index contributed by atoms with van der Waals surface area (Å²) < 4.78 is 0. The SMILES string of the molecule is CNC(=O)C(=O)C(CC1CC1)NC(=O)[C@@H]1[C@@H]2[C@H](CN1C(=O)[C@@H](NC(=O)N[C@H](C(=O)C1CC1)C(C)C)C(C)(C)C)C2(C)C. The van der Waals surface area contributed by atoms with E-state index < -0.39 is 53.2 Å². The van der Waals surface area contributed by atoms with Crippen molar-refractivity contribution in [3.05, 3.63) is 0 Å². The lowest BCUT2D eigenvalue weighted by atomic mass is 9.85. The van der Waals surface area contributed by atoms with Gasteiger partial charge in [0.25, 0.3) is 5.91 Å². The maximum absolute atomic E-state index is 14.2. The highest BCUT2D eigenvalue weighted by Gasteiger charge is 2.70. The molecule has 11 heteroatoms. The fourth-order valence-corrected chi connectivity index (χ4v) is 6.59. The first-order valence-corrected chi connectivity index (χ1v) is 15.5. The maximum Gasteiger partial charge on any atom is 0.316 e. The molecule has 1 saturated heterocycles. The Hall–Kier alpha value is -2.98. The minimum Gasteiger partial charge on any atom is -0.353 e. The van der Waals surface area contributed by atoms with E-state index in [1.807, 2.05) is 34.6 Å². The molecule has 0 aromatic rings. The fourth-order valence-electron chi connectivity index (χ4n) is 6.59. The number of Topliss-reactive ketones (excluding diaryl/α,β-unsaturated/α-hetero) is 2. The average Bonchev–Trinajstić information content (AvgIpc) is 3.85. The second-order valence-electron chi connectivity index (χ2n) is 14.9. The third kappa shape index (κ3) is 6.64. The number of nitrogens with zero attached hydrogens (tertiary/aromatic N) is 1. The Bertz CT molecular complexity index is 1140. The maximum atomic E-state index is 14.2. The molecule has 3 saturated carbocycles. The molecule has 234 valence electrons. The molecule has 4 aliphatic rings. The summed E-state index contributed by atoms with van der Waals surface area (Å²) in [4.78, 5) is 80.5. The van der Waals surface area contributed by atoms with E-state index in [0.29, 0.717) is 13.0 Å². The van der Waals surface area contributed by atoms with Crippen LogP contribution in [0.1, 0.15) is 80.6 Å². The van der Waals surface area contributed by atoms with Crippen molar-refractivity contribution in [1.82, 2.24) is 26.2 Å². The van der Waals surface area contributed by atoms with Crippen molar-refractivity contribution in [2.75, 3.05) is 13.6 Å². The van der Waals surface area contributed by atoms with Crippen molar-refractivity contribution < 1.29 is 28.8 Å². The van der Waals surface area contributed by atoms with Crippen molar-refractivity contribution in [2.45, 2.75) is 105 Å². The van der Waals surface area contributed by atoms with Crippen LogP contribution in [-0.2, 0) is 24.0 Å². The van der Waals surface area contributed by atoms with Crippen molar-refractivity contribution in [1.29, 1.82) is 0 Å². The van der Waals surface area contributed by atoms with E-state index in [1.54, 1.807) is 4.90 Å². The largest absolute Gasteiger partial charge is 0.353 e. The standard InChI is InChI=1S/C31H49N5O6/c1-15(2)21(23(37)17-11-12-17)34-29(42)35-25(30(3,4)5)28(41)36-14-18-20(31(18,6)7)22(36)26(39)33-19(13-16-9-10-16)24(38)27(40)32-8/h15-22,25H,9-14H2,1-8H3,(H,32,40)(H,33,39)(H2,34,35,42)/t18-,19?,20-,21-,22-,25+/m0/s1. The summed E-state index contributed by atoms with van der Waals surface area (Å²) >= 11 is 0. The van der Waals surface area contributed by atoms with Crippen molar-refractivity contribution in [2.24, 2.45) is 40.4 Å². The summed E-state index contributed by atoms with van der Waals surface area (Å²) in [7, 11) is 1.38. The first-order chi connectivity index (χ1) is 19.5. The van der Waals surface area contributed by atoms with Gasteiger partial charge in [0.05, 0.1) is 12.1 Å². The minimum absolute atomic E-state index is 0.0179. The zero-order valence-corrected chi connectivity index (χ0v) is 26.3. The lowest BCUT2D eigenvalue weighted by Gasteiger charge is -2.38. The van der Waals surface area contributed by atoms with Crippen molar-refractivity contribution >= 4 is 35.3 Å². The molecule has 1 aliphatic heterocycles. The number of hydrogen-bond acceptors (Lipinski definition) is 6. The zero-order chi connectivity index (χ0) is 31.3. The quantitative estimate of drug-likeness (QED) is 0.255. The van der Waals surface area contributed by atoms with Crippen LogP contribution in [-0.4, -0.2) is 78.0 Å². The van der Waals surface area contributed by atoms with E-state index in [4.69, 9.17) is 0 Å². The lowest BCUT2D eigenvalue weighted by molar-refractivity contribution is -0.145. The Kier molecular flexibility index (Phi) is 8.82. The molecule has 4 N–H and O–H groups in total. The summed E-state index contributed by atoms with van der Waals surface area (Å²) in [6, 6.07) is -3.99. The van der Waals surface area contributed by atoms with Crippen LogP contribution >= 0.6 is 0 Å². The van der Waals surface area contributed by atoms with Crippen LogP contribution in [0.15, 0.2) is 0 Å². The molecule has 0 radical (unpaired) electrons. The van der Waals surface area contributed by atoms with Gasteiger partial charge in [0, 0.05) is 19.5 Å². The van der Waals surface area contributed by atoms with Crippen LogP contribution in [0, 0.1) is 40.4 Å². The van der Waals surface area contributed by atoms with Crippen molar-refractivity contribution in [3.8, 4) is 0 Å². The molecule has 3 aliphatic carbocycles. The van der Waals surface area contributed by atoms with Crippen LogP contribution in [0.4, 0.5) is 4.79 Å². The highest BCUT2D eigenvalue weighted by molar-refractivity contribution is 6.38. The monoisotopic (exact) mass is 587 g/mol. The first kappa shape index (κ1) is 31.9. The molecular formula is C31H49N5O6. The van der Waals surface area contributed by atoms with Gasteiger partial charge < -0.3 is 26.2 Å². The van der Waals surface area contributed by atoms with E-state index >= 15 is 0 Å². The Balaban J connectivity index is 1.52. The molecule has 6 atom stereocenters. The molecule has 1 unspecified atom stereocenters. The summed E-state index contributed by atoms with van der Waals surface area (Å²) in [5.41, 5.74) is -0.861. The van der Waals surface area contributed by atoms with Crippen LogP contribution in [0.25, 0.3) is 0 Å². The number of piperidine rings is 1. The van der Waals surface area contributed by atoms with Crippen LogP contribution in [0.2, 0.25) is 0 Å². The molecule has 0 spiro atoms. The number of carbonyl (C=O) groups is 6. The molecule has 5 amide bonds. The number of ketones is 2. The Morgan fingerprint density at radius 3 is 2.05 bits per heavy atom. The van der Waals surface area contributed by atoms with Gasteiger partial charge in [-0.25, -0.2) is 4.79 Å². The van der Waals surface area contributed by atoms with E-state index in [0.717, 1.165) is 25.7 Å². The van der Waals surface area contributed by atoms with Gasteiger partial charge in [-0.1, -0.05) is 61.3 Å². The highest BCUT2D eigenvalue weighted by Crippen LogP contribution is 2.65. The molecule has 0 bridgehead atoms. The van der Waals surface area contributed by atoms with E-state index in [2.05, 4.69) is 35.1 Å². The Morgan fingerprint density at radius 2 is 1.55 bits per heavy atom. The normalized spacial score (nSPS) is 26.4. The number of urea groups is 1.